The zero-order valence-electron chi connectivity index (χ0n) is 14.0. The Kier molecular flexibility index (Phi) is 4.07. The summed E-state index contributed by atoms with van der Waals surface area (Å²) in [6.45, 7) is 0.402. The molecule has 3 atom stereocenters. The lowest BCUT2D eigenvalue weighted by atomic mass is 9.85. The van der Waals surface area contributed by atoms with Crippen LogP contribution in [0.2, 0.25) is 0 Å². The van der Waals surface area contributed by atoms with Crippen LogP contribution in [-0.2, 0) is 11.8 Å². The monoisotopic (exact) mass is 359 g/mol. The summed E-state index contributed by atoms with van der Waals surface area (Å²) in [5.41, 5.74) is 1.44. The molecule has 25 heavy (non-hydrogen) atoms. The topological polar surface area (TPSA) is 88.0 Å². The van der Waals surface area contributed by atoms with Crippen LogP contribution in [0, 0.1) is 5.92 Å². The third kappa shape index (κ3) is 3.44. The smallest absolute Gasteiger partial charge is 0.271 e. The van der Waals surface area contributed by atoms with Gasteiger partial charge >= 0.3 is 0 Å². The van der Waals surface area contributed by atoms with Gasteiger partial charge in [0, 0.05) is 26.0 Å². The number of fused-ring (bicyclic) bond motifs is 1. The van der Waals surface area contributed by atoms with Crippen molar-refractivity contribution >= 4 is 23.6 Å². The molecule has 0 aromatic carbocycles. The average molecular weight is 359 g/mol. The number of rotatable bonds is 5. The Hall–Kier alpha value is -2.22. The van der Waals surface area contributed by atoms with Crippen LogP contribution in [-0.4, -0.2) is 39.1 Å². The Morgan fingerprint density at radius 3 is 3.08 bits per heavy atom. The van der Waals surface area contributed by atoms with Crippen LogP contribution < -0.4 is 16.0 Å². The Bertz CT molecular complexity index is 763. The van der Waals surface area contributed by atoms with Gasteiger partial charge in [-0.3, -0.25) is 14.3 Å². The highest BCUT2D eigenvalue weighted by atomic mass is 32.2. The standard InChI is InChI=1S/C17H21N5O2S/c1-22-6-3-13(21-22)14(23)19-10-17(4-2-11-8-12(11)9-17)20-15(24)16-18-5-7-25-16/h2-3,5-7,12,16,18H,4,8-10H2,1H3,(H,19,23)(H,20,24). The van der Waals surface area contributed by atoms with E-state index < -0.39 is 5.54 Å². The molecule has 2 heterocycles. The van der Waals surface area contributed by atoms with E-state index in [-0.39, 0.29) is 17.2 Å². The zero-order valence-corrected chi connectivity index (χ0v) is 14.8. The second-order valence-corrected chi connectivity index (χ2v) is 7.92. The molecule has 3 unspecified atom stereocenters. The number of carbonyl (C=O) groups excluding carboxylic acids is 2. The highest BCUT2D eigenvalue weighted by molar-refractivity contribution is 8.03. The van der Waals surface area contributed by atoms with Gasteiger partial charge in [0.05, 0.1) is 5.54 Å². The van der Waals surface area contributed by atoms with Crippen molar-refractivity contribution in [3.63, 3.8) is 0 Å². The molecule has 3 N–H and O–H groups in total. The minimum atomic E-state index is -0.434. The van der Waals surface area contributed by atoms with Crippen molar-refractivity contribution < 1.29 is 9.59 Å². The molecule has 7 nitrogen and oxygen atoms in total. The summed E-state index contributed by atoms with van der Waals surface area (Å²) in [5, 5.41) is 14.9. The summed E-state index contributed by atoms with van der Waals surface area (Å²) in [5.74, 6) is 0.289. The van der Waals surface area contributed by atoms with Gasteiger partial charge < -0.3 is 16.0 Å². The van der Waals surface area contributed by atoms with E-state index in [2.05, 4.69) is 27.1 Å². The fraction of sp³-hybridized carbons (Fsp3) is 0.471. The highest BCUT2D eigenvalue weighted by Crippen LogP contribution is 2.48. The average Bonchev–Trinajstić information content (AvgIpc) is 3.00. The zero-order chi connectivity index (χ0) is 17.4. The van der Waals surface area contributed by atoms with E-state index in [1.807, 2.05) is 5.41 Å². The second-order valence-electron chi connectivity index (χ2n) is 6.90. The number of aryl methyl sites for hydroxylation is 1. The maximum absolute atomic E-state index is 12.6. The number of hydrogen-bond acceptors (Lipinski definition) is 5. The molecular formula is C17H21N5O2S. The molecule has 3 aliphatic rings. The first-order chi connectivity index (χ1) is 12.0. The maximum atomic E-state index is 12.6. The molecule has 1 aromatic rings. The fourth-order valence-corrected chi connectivity index (χ4v) is 4.13. The molecule has 0 saturated heterocycles. The highest BCUT2D eigenvalue weighted by Gasteiger charge is 2.45. The molecular weight excluding hydrogens is 338 g/mol. The first-order valence-electron chi connectivity index (χ1n) is 8.40. The van der Waals surface area contributed by atoms with Crippen molar-refractivity contribution in [3.05, 3.63) is 41.2 Å². The van der Waals surface area contributed by atoms with Crippen molar-refractivity contribution in [1.82, 2.24) is 25.7 Å². The van der Waals surface area contributed by atoms with E-state index in [0.29, 0.717) is 18.2 Å². The van der Waals surface area contributed by atoms with E-state index in [9.17, 15) is 9.59 Å². The number of carbonyl (C=O) groups is 2. The minimum Gasteiger partial charge on any atom is -0.371 e. The van der Waals surface area contributed by atoms with Crippen LogP contribution in [0.15, 0.2) is 35.5 Å². The van der Waals surface area contributed by atoms with Crippen molar-refractivity contribution in [2.45, 2.75) is 30.2 Å². The number of amides is 2. The van der Waals surface area contributed by atoms with Crippen molar-refractivity contribution in [2.75, 3.05) is 6.54 Å². The summed E-state index contributed by atoms with van der Waals surface area (Å²) in [6.07, 6.45) is 8.47. The largest absolute Gasteiger partial charge is 0.371 e. The number of hydrogen-bond donors (Lipinski definition) is 3. The number of allylic oxidation sites excluding steroid dienone is 1. The van der Waals surface area contributed by atoms with Crippen LogP contribution in [0.25, 0.3) is 0 Å². The molecule has 1 saturated carbocycles. The van der Waals surface area contributed by atoms with Crippen LogP contribution >= 0.6 is 11.8 Å². The van der Waals surface area contributed by atoms with E-state index in [1.54, 1.807) is 30.2 Å². The molecule has 1 aliphatic heterocycles. The Labute approximate surface area is 150 Å². The maximum Gasteiger partial charge on any atom is 0.271 e. The Balaban J connectivity index is 1.43. The van der Waals surface area contributed by atoms with Crippen LogP contribution in [0.3, 0.4) is 0 Å². The molecule has 2 aliphatic carbocycles. The fourth-order valence-electron chi connectivity index (χ4n) is 3.48. The van der Waals surface area contributed by atoms with Crippen LogP contribution in [0.1, 0.15) is 29.8 Å². The van der Waals surface area contributed by atoms with Gasteiger partial charge in [-0.05, 0) is 36.7 Å². The molecule has 0 bridgehead atoms. The number of nitrogens with zero attached hydrogens (tertiary/aromatic N) is 2. The summed E-state index contributed by atoms with van der Waals surface area (Å²) >= 11 is 1.45. The van der Waals surface area contributed by atoms with Gasteiger partial charge in [0.2, 0.25) is 0 Å². The van der Waals surface area contributed by atoms with Gasteiger partial charge in [-0.25, -0.2) is 0 Å². The van der Waals surface area contributed by atoms with Gasteiger partial charge in [0.25, 0.3) is 11.8 Å². The third-order valence-electron chi connectivity index (χ3n) is 4.93. The minimum absolute atomic E-state index is 0.0421. The molecule has 0 radical (unpaired) electrons. The van der Waals surface area contributed by atoms with E-state index in [0.717, 1.165) is 19.3 Å². The summed E-state index contributed by atoms with van der Waals surface area (Å²) < 4.78 is 1.60. The second kappa shape index (κ2) is 6.25. The van der Waals surface area contributed by atoms with Gasteiger partial charge in [0.15, 0.2) is 5.37 Å². The van der Waals surface area contributed by atoms with E-state index >= 15 is 0 Å². The molecule has 1 fully saturated rings. The Morgan fingerprint density at radius 2 is 2.40 bits per heavy atom. The quantitative estimate of drug-likeness (QED) is 0.679. The lowest BCUT2D eigenvalue weighted by Crippen LogP contribution is -2.58. The van der Waals surface area contributed by atoms with Gasteiger partial charge in [0.1, 0.15) is 5.69 Å². The molecule has 0 spiro atoms. The molecule has 8 heteroatoms. The van der Waals surface area contributed by atoms with Gasteiger partial charge in [-0.15, -0.1) is 0 Å². The first-order valence-corrected chi connectivity index (χ1v) is 9.34. The molecule has 2 amide bonds. The SMILES string of the molecule is Cn1ccc(C(=O)NCC2(NC(=O)C3NC=CS3)CC=C3CC3C2)n1. The third-order valence-corrected chi connectivity index (χ3v) is 5.84. The van der Waals surface area contributed by atoms with Crippen molar-refractivity contribution in [3.8, 4) is 0 Å². The lowest BCUT2D eigenvalue weighted by Gasteiger charge is -2.36. The van der Waals surface area contributed by atoms with Crippen molar-refractivity contribution in [2.24, 2.45) is 13.0 Å². The van der Waals surface area contributed by atoms with Crippen LogP contribution in [0.4, 0.5) is 0 Å². The van der Waals surface area contributed by atoms with Gasteiger partial charge in [-0.1, -0.05) is 23.4 Å². The lowest BCUT2D eigenvalue weighted by molar-refractivity contribution is -0.122. The molecule has 1 aromatic heterocycles. The summed E-state index contributed by atoms with van der Waals surface area (Å²) in [7, 11) is 1.78. The van der Waals surface area contributed by atoms with Gasteiger partial charge in [-0.2, -0.15) is 5.10 Å². The number of nitrogens with one attached hydrogen (secondary N) is 3. The van der Waals surface area contributed by atoms with Crippen LogP contribution in [0.5, 0.6) is 0 Å². The van der Waals surface area contributed by atoms with E-state index in [4.69, 9.17) is 0 Å². The number of thioether (sulfide) groups is 1. The Morgan fingerprint density at radius 1 is 1.52 bits per heavy atom. The normalized spacial score (nSPS) is 29.4. The summed E-state index contributed by atoms with van der Waals surface area (Å²) in [4.78, 5) is 24.9. The predicted molar refractivity (Wildman–Crippen MR) is 95.5 cm³/mol. The van der Waals surface area contributed by atoms with E-state index in [1.165, 1.54) is 17.3 Å². The predicted octanol–water partition coefficient (Wildman–Crippen LogP) is 0.879. The first kappa shape index (κ1) is 16.3. The molecule has 4 rings (SSSR count). The molecule has 132 valence electrons. The van der Waals surface area contributed by atoms with Crippen molar-refractivity contribution in [1.29, 1.82) is 0 Å². The summed E-state index contributed by atoms with van der Waals surface area (Å²) in [6, 6.07) is 1.69. The number of aromatic nitrogens is 2.